The molecular formula is C15H21N5. The zero-order valence-electron chi connectivity index (χ0n) is 12.1. The molecule has 5 heteroatoms. The summed E-state index contributed by atoms with van der Waals surface area (Å²) in [5, 5.41) is 11.5. The molecule has 1 aromatic heterocycles. The molecule has 3 N–H and O–H groups in total. The van der Waals surface area contributed by atoms with Gasteiger partial charge in [-0.05, 0) is 37.0 Å². The molecule has 0 unspecified atom stereocenters. The second-order valence-corrected chi connectivity index (χ2v) is 4.65. The van der Waals surface area contributed by atoms with Gasteiger partial charge in [-0.1, -0.05) is 26.0 Å². The Bertz CT molecular complexity index is 551. The van der Waals surface area contributed by atoms with Crippen molar-refractivity contribution in [2.45, 2.75) is 33.1 Å². The molecular weight excluding hydrogens is 250 g/mol. The van der Waals surface area contributed by atoms with Gasteiger partial charge in [0.15, 0.2) is 0 Å². The van der Waals surface area contributed by atoms with Gasteiger partial charge in [-0.15, -0.1) is 5.10 Å². The van der Waals surface area contributed by atoms with Crippen LogP contribution in [-0.2, 0) is 19.3 Å². The molecule has 106 valence electrons. The first-order valence-corrected chi connectivity index (χ1v) is 7.03. The first kappa shape index (κ1) is 14.2. The van der Waals surface area contributed by atoms with Crippen LogP contribution in [0.15, 0.2) is 24.3 Å². The fourth-order valence-corrected chi connectivity index (χ4v) is 2.02. The van der Waals surface area contributed by atoms with Crippen molar-refractivity contribution in [1.29, 1.82) is 0 Å². The molecule has 5 nitrogen and oxygen atoms in total. The molecule has 0 bridgehead atoms. The maximum Gasteiger partial charge on any atom is 0.242 e. The minimum atomic E-state index is 0.606. The van der Waals surface area contributed by atoms with Crippen molar-refractivity contribution in [3.05, 3.63) is 41.2 Å². The molecule has 0 saturated carbocycles. The molecule has 0 saturated heterocycles. The Balaban J connectivity index is 1.92. The lowest BCUT2D eigenvalue weighted by atomic mass is 10.1. The SMILES string of the molecule is CCc1nnc(NCCc2ccc(N)cc2)nc1CC. The average molecular weight is 271 g/mol. The summed E-state index contributed by atoms with van der Waals surface area (Å²) in [4.78, 5) is 4.50. The van der Waals surface area contributed by atoms with Gasteiger partial charge in [0.1, 0.15) is 0 Å². The monoisotopic (exact) mass is 271 g/mol. The quantitative estimate of drug-likeness (QED) is 0.788. The summed E-state index contributed by atoms with van der Waals surface area (Å²) in [5.41, 5.74) is 9.70. The van der Waals surface area contributed by atoms with Gasteiger partial charge >= 0.3 is 0 Å². The molecule has 1 aromatic carbocycles. The van der Waals surface area contributed by atoms with Crippen LogP contribution in [0.5, 0.6) is 0 Å². The summed E-state index contributed by atoms with van der Waals surface area (Å²) in [5.74, 6) is 0.606. The zero-order chi connectivity index (χ0) is 14.4. The van der Waals surface area contributed by atoms with Gasteiger partial charge in [0, 0.05) is 12.2 Å². The van der Waals surface area contributed by atoms with Crippen molar-refractivity contribution in [2.75, 3.05) is 17.6 Å². The van der Waals surface area contributed by atoms with Crippen molar-refractivity contribution in [3.63, 3.8) is 0 Å². The highest BCUT2D eigenvalue weighted by molar-refractivity contribution is 5.39. The largest absolute Gasteiger partial charge is 0.399 e. The van der Waals surface area contributed by atoms with E-state index in [2.05, 4.69) is 34.3 Å². The standard InChI is InChI=1S/C15H21N5/c1-3-13-14(4-2)19-20-15(18-13)17-10-9-11-5-7-12(16)8-6-11/h5-8H,3-4,9-10,16H2,1-2H3,(H,17,18,20). The molecule has 1 heterocycles. The lowest BCUT2D eigenvalue weighted by Gasteiger charge is -2.08. The molecule has 0 atom stereocenters. The number of hydrogen-bond donors (Lipinski definition) is 2. The minimum absolute atomic E-state index is 0.606. The first-order chi connectivity index (χ1) is 9.72. The Morgan fingerprint density at radius 2 is 1.70 bits per heavy atom. The predicted molar refractivity (Wildman–Crippen MR) is 81.6 cm³/mol. The highest BCUT2D eigenvalue weighted by Crippen LogP contribution is 2.08. The lowest BCUT2D eigenvalue weighted by Crippen LogP contribution is -2.12. The van der Waals surface area contributed by atoms with Gasteiger partial charge < -0.3 is 11.1 Å². The molecule has 0 aliphatic heterocycles. The van der Waals surface area contributed by atoms with Crippen LogP contribution < -0.4 is 11.1 Å². The van der Waals surface area contributed by atoms with Gasteiger partial charge in [0.25, 0.3) is 0 Å². The van der Waals surface area contributed by atoms with E-state index in [9.17, 15) is 0 Å². The normalized spacial score (nSPS) is 10.5. The van der Waals surface area contributed by atoms with Crippen LogP contribution in [0.3, 0.4) is 0 Å². The Kier molecular flexibility index (Phi) is 4.87. The summed E-state index contributed by atoms with van der Waals surface area (Å²) < 4.78 is 0. The van der Waals surface area contributed by atoms with Crippen molar-refractivity contribution < 1.29 is 0 Å². The Morgan fingerprint density at radius 1 is 1.00 bits per heavy atom. The number of anilines is 2. The molecule has 0 fully saturated rings. The Hall–Kier alpha value is -2.17. The van der Waals surface area contributed by atoms with Crippen LogP contribution in [0.2, 0.25) is 0 Å². The number of aromatic nitrogens is 3. The van der Waals surface area contributed by atoms with Crippen LogP contribution in [0.25, 0.3) is 0 Å². The third-order valence-corrected chi connectivity index (χ3v) is 3.19. The van der Waals surface area contributed by atoms with E-state index in [4.69, 9.17) is 5.73 Å². The molecule has 2 rings (SSSR count). The average Bonchev–Trinajstić information content (AvgIpc) is 2.49. The van der Waals surface area contributed by atoms with Gasteiger partial charge in [-0.2, -0.15) is 5.10 Å². The van der Waals surface area contributed by atoms with Crippen LogP contribution in [0, 0.1) is 0 Å². The topological polar surface area (TPSA) is 76.7 Å². The van der Waals surface area contributed by atoms with E-state index >= 15 is 0 Å². The number of rotatable bonds is 6. The van der Waals surface area contributed by atoms with Crippen molar-refractivity contribution >= 4 is 11.6 Å². The fourth-order valence-electron chi connectivity index (χ4n) is 2.02. The molecule has 0 amide bonds. The lowest BCUT2D eigenvalue weighted by molar-refractivity contribution is 0.817. The molecule has 0 radical (unpaired) electrons. The van der Waals surface area contributed by atoms with Crippen LogP contribution in [0.1, 0.15) is 30.8 Å². The highest BCUT2D eigenvalue weighted by Gasteiger charge is 2.05. The van der Waals surface area contributed by atoms with Crippen molar-refractivity contribution in [2.24, 2.45) is 0 Å². The molecule has 0 spiro atoms. The van der Waals surface area contributed by atoms with E-state index in [1.165, 1.54) is 5.56 Å². The molecule has 0 aliphatic rings. The van der Waals surface area contributed by atoms with Crippen LogP contribution >= 0.6 is 0 Å². The predicted octanol–water partition coefficient (Wildman–Crippen LogP) is 2.23. The molecule has 0 aliphatic carbocycles. The maximum atomic E-state index is 5.66. The smallest absolute Gasteiger partial charge is 0.242 e. The van der Waals surface area contributed by atoms with Gasteiger partial charge in [-0.3, -0.25) is 0 Å². The summed E-state index contributed by atoms with van der Waals surface area (Å²) >= 11 is 0. The number of nitrogen functional groups attached to an aromatic ring is 1. The maximum absolute atomic E-state index is 5.66. The summed E-state index contributed by atoms with van der Waals surface area (Å²) in [6.07, 6.45) is 2.65. The van der Waals surface area contributed by atoms with E-state index in [1.807, 2.05) is 24.3 Å². The Morgan fingerprint density at radius 3 is 2.35 bits per heavy atom. The molecule has 20 heavy (non-hydrogen) atoms. The second-order valence-electron chi connectivity index (χ2n) is 4.65. The number of nitrogens with two attached hydrogens (primary N) is 1. The van der Waals surface area contributed by atoms with Crippen LogP contribution in [-0.4, -0.2) is 21.7 Å². The summed E-state index contributed by atoms with van der Waals surface area (Å²) in [6, 6.07) is 7.90. The number of nitrogens with zero attached hydrogens (tertiary/aromatic N) is 3. The number of nitrogens with one attached hydrogen (secondary N) is 1. The number of benzene rings is 1. The van der Waals surface area contributed by atoms with E-state index in [0.717, 1.165) is 42.9 Å². The Labute approximate surface area is 119 Å². The molecule has 2 aromatic rings. The summed E-state index contributed by atoms with van der Waals surface area (Å²) in [7, 11) is 0. The highest BCUT2D eigenvalue weighted by atomic mass is 15.2. The van der Waals surface area contributed by atoms with Crippen molar-refractivity contribution in [1.82, 2.24) is 15.2 Å². The summed E-state index contributed by atoms with van der Waals surface area (Å²) in [6.45, 7) is 4.93. The second kappa shape index (κ2) is 6.84. The zero-order valence-corrected chi connectivity index (χ0v) is 12.1. The van der Waals surface area contributed by atoms with Gasteiger partial charge in [0.2, 0.25) is 5.95 Å². The van der Waals surface area contributed by atoms with E-state index < -0.39 is 0 Å². The van der Waals surface area contributed by atoms with E-state index in [0.29, 0.717) is 5.95 Å². The number of hydrogen-bond acceptors (Lipinski definition) is 5. The third-order valence-electron chi connectivity index (χ3n) is 3.19. The van der Waals surface area contributed by atoms with Crippen molar-refractivity contribution in [3.8, 4) is 0 Å². The fraction of sp³-hybridized carbons (Fsp3) is 0.400. The minimum Gasteiger partial charge on any atom is -0.399 e. The van der Waals surface area contributed by atoms with Crippen LogP contribution in [0.4, 0.5) is 11.6 Å². The van der Waals surface area contributed by atoms with Gasteiger partial charge in [-0.25, -0.2) is 4.98 Å². The van der Waals surface area contributed by atoms with E-state index in [-0.39, 0.29) is 0 Å². The number of aryl methyl sites for hydroxylation is 2. The van der Waals surface area contributed by atoms with Gasteiger partial charge in [0.05, 0.1) is 11.4 Å². The third kappa shape index (κ3) is 3.66. The first-order valence-electron chi connectivity index (χ1n) is 7.03. The van der Waals surface area contributed by atoms with E-state index in [1.54, 1.807) is 0 Å².